The number of aromatic nitrogens is 2. The topological polar surface area (TPSA) is 55.1 Å². The van der Waals surface area contributed by atoms with Crippen LogP contribution >= 0.6 is 0 Å². The number of carboxylic acids is 1. The van der Waals surface area contributed by atoms with E-state index < -0.39 is 5.97 Å². The summed E-state index contributed by atoms with van der Waals surface area (Å²) in [7, 11) is 0. The molecule has 1 aliphatic rings. The molecule has 0 spiro atoms. The van der Waals surface area contributed by atoms with Crippen molar-refractivity contribution in [3.63, 3.8) is 0 Å². The molecule has 82 valence electrons. The predicted octanol–water partition coefficient (Wildman–Crippen LogP) is 2.02. The first-order valence-corrected chi connectivity index (χ1v) is 5.45. The highest BCUT2D eigenvalue weighted by Crippen LogP contribution is 2.37. The Hall–Kier alpha value is -1.32. The summed E-state index contributed by atoms with van der Waals surface area (Å²) >= 11 is 0. The van der Waals surface area contributed by atoms with Gasteiger partial charge in [-0.3, -0.25) is 9.48 Å². The lowest BCUT2D eigenvalue weighted by Crippen LogP contribution is -2.38. The zero-order valence-electron chi connectivity index (χ0n) is 8.72. The smallest absolute Gasteiger partial charge is 0.305 e. The Kier molecular flexibility index (Phi) is 2.75. The van der Waals surface area contributed by atoms with Gasteiger partial charge in [0.25, 0.3) is 0 Å². The lowest BCUT2D eigenvalue weighted by Gasteiger charge is -2.36. The minimum atomic E-state index is -0.729. The first-order chi connectivity index (χ1) is 7.23. The van der Waals surface area contributed by atoms with Gasteiger partial charge in [0.2, 0.25) is 0 Å². The van der Waals surface area contributed by atoms with Crippen LogP contribution in [0.1, 0.15) is 38.5 Å². The predicted molar refractivity (Wildman–Crippen MR) is 55.5 cm³/mol. The van der Waals surface area contributed by atoms with Crippen LogP contribution in [0, 0.1) is 0 Å². The van der Waals surface area contributed by atoms with Crippen LogP contribution in [0.4, 0.5) is 0 Å². The molecule has 0 saturated heterocycles. The van der Waals surface area contributed by atoms with E-state index in [0.717, 1.165) is 25.7 Å². The number of rotatable bonds is 3. The van der Waals surface area contributed by atoms with Crippen LogP contribution in [0.5, 0.6) is 0 Å². The van der Waals surface area contributed by atoms with Crippen LogP contribution in [0.15, 0.2) is 18.5 Å². The quantitative estimate of drug-likeness (QED) is 0.826. The average Bonchev–Trinajstić information content (AvgIpc) is 2.71. The number of hydrogen-bond acceptors (Lipinski definition) is 2. The second-order valence-electron chi connectivity index (χ2n) is 4.31. The fourth-order valence-corrected chi connectivity index (χ4v) is 2.53. The van der Waals surface area contributed by atoms with Gasteiger partial charge in [-0.2, -0.15) is 5.10 Å². The van der Waals surface area contributed by atoms with E-state index in [1.54, 1.807) is 6.20 Å². The highest BCUT2D eigenvalue weighted by molar-refractivity contribution is 5.68. The van der Waals surface area contributed by atoms with E-state index in [2.05, 4.69) is 5.10 Å². The maximum absolute atomic E-state index is 10.9. The standard InChI is InChI=1S/C11H16N2O2/c14-10(15)9-11(5-2-1-3-6-11)13-8-4-7-12-13/h4,7-8H,1-3,5-6,9H2,(H,14,15). The van der Waals surface area contributed by atoms with E-state index in [1.807, 2.05) is 16.9 Å². The van der Waals surface area contributed by atoms with Crippen molar-refractivity contribution in [2.45, 2.75) is 44.1 Å². The Labute approximate surface area is 88.9 Å². The van der Waals surface area contributed by atoms with Crippen LogP contribution < -0.4 is 0 Å². The molecule has 0 aromatic carbocycles. The Morgan fingerprint density at radius 2 is 2.13 bits per heavy atom. The van der Waals surface area contributed by atoms with Crippen molar-refractivity contribution in [1.29, 1.82) is 0 Å². The molecule has 1 heterocycles. The fraction of sp³-hybridized carbons (Fsp3) is 0.636. The van der Waals surface area contributed by atoms with E-state index in [4.69, 9.17) is 5.11 Å². The maximum Gasteiger partial charge on any atom is 0.305 e. The van der Waals surface area contributed by atoms with Gasteiger partial charge in [0.15, 0.2) is 0 Å². The summed E-state index contributed by atoms with van der Waals surface area (Å²) in [6.45, 7) is 0. The molecule has 1 aliphatic carbocycles. The lowest BCUT2D eigenvalue weighted by atomic mass is 9.79. The van der Waals surface area contributed by atoms with Gasteiger partial charge >= 0.3 is 5.97 Å². The van der Waals surface area contributed by atoms with Gasteiger partial charge in [0.05, 0.1) is 12.0 Å². The number of hydrogen-bond donors (Lipinski definition) is 1. The van der Waals surface area contributed by atoms with Gasteiger partial charge in [-0.15, -0.1) is 0 Å². The summed E-state index contributed by atoms with van der Waals surface area (Å²) in [6, 6.07) is 1.86. The summed E-state index contributed by atoms with van der Waals surface area (Å²) < 4.78 is 1.85. The third-order valence-corrected chi connectivity index (χ3v) is 3.25. The Morgan fingerprint density at radius 1 is 1.40 bits per heavy atom. The van der Waals surface area contributed by atoms with E-state index >= 15 is 0 Å². The monoisotopic (exact) mass is 208 g/mol. The summed E-state index contributed by atoms with van der Waals surface area (Å²) in [5.41, 5.74) is -0.270. The van der Waals surface area contributed by atoms with Crippen molar-refractivity contribution in [3.8, 4) is 0 Å². The normalized spacial score (nSPS) is 20.0. The molecular formula is C11H16N2O2. The van der Waals surface area contributed by atoms with Crippen molar-refractivity contribution < 1.29 is 9.90 Å². The molecule has 1 aromatic rings. The third kappa shape index (κ3) is 2.03. The largest absolute Gasteiger partial charge is 0.481 e. The van der Waals surface area contributed by atoms with Gasteiger partial charge in [-0.05, 0) is 18.9 Å². The van der Waals surface area contributed by atoms with Gasteiger partial charge < -0.3 is 5.11 Å². The van der Waals surface area contributed by atoms with Crippen molar-refractivity contribution >= 4 is 5.97 Å². The summed E-state index contributed by atoms with van der Waals surface area (Å²) in [4.78, 5) is 10.9. The molecule has 0 aliphatic heterocycles. The fourth-order valence-electron chi connectivity index (χ4n) is 2.53. The Balaban J connectivity index is 2.25. The molecule has 0 amide bonds. The summed E-state index contributed by atoms with van der Waals surface area (Å²) in [5.74, 6) is -0.729. The van der Waals surface area contributed by atoms with Crippen LogP contribution in [-0.4, -0.2) is 20.9 Å². The molecule has 1 saturated carbocycles. The van der Waals surface area contributed by atoms with Crippen molar-refractivity contribution in [2.24, 2.45) is 0 Å². The molecule has 1 fully saturated rings. The molecule has 1 aromatic heterocycles. The molecular weight excluding hydrogens is 192 g/mol. The first kappa shape index (κ1) is 10.2. The second kappa shape index (κ2) is 4.04. The SMILES string of the molecule is O=C(O)CC1(n2cccn2)CCCCC1. The average molecular weight is 208 g/mol. The van der Waals surface area contributed by atoms with Crippen molar-refractivity contribution in [1.82, 2.24) is 9.78 Å². The van der Waals surface area contributed by atoms with Crippen LogP contribution in [0.3, 0.4) is 0 Å². The van der Waals surface area contributed by atoms with E-state index in [9.17, 15) is 4.79 Å². The highest BCUT2D eigenvalue weighted by atomic mass is 16.4. The van der Waals surface area contributed by atoms with Crippen LogP contribution in [0.2, 0.25) is 0 Å². The van der Waals surface area contributed by atoms with Gasteiger partial charge in [-0.1, -0.05) is 19.3 Å². The number of nitrogens with zero attached hydrogens (tertiary/aromatic N) is 2. The maximum atomic E-state index is 10.9. The molecule has 2 rings (SSSR count). The summed E-state index contributed by atoms with van der Waals surface area (Å²) in [5, 5.41) is 13.2. The molecule has 4 nitrogen and oxygen atoms in total. The van der Waals surface area contributed by atoms with Crippen LogP contribution in [0.25, 0.3) is 0 Å². The molecule has 0 unspecified atom stereocenters. The third-order valence-electron chi connectivity index (χ3n) is 3.25. The van der Waals surface area contributed by atoms with E-state index in [-0.39, 0.29) is 12.0 Å². The molecule has 0 bridgehead atoms. The minimum Gasteiger partial charge on any atom is -0.481 e. The zero-order chi connectivity index (χ0) is 10.7. The van der Waals surface area contributed by atoms with Crippen LogP contribution in [-0.2, 0) is 10.3 Å². The summed E-state index contributed by atoms with van der Waals surface area (Å²) in [6.07, 6.45) is 9.08. The number of aliphatic carboxylic acids is 1. The van der Waals surface area contributed by atoms with Crippen molar-refractivity contribution in [2.75, 3.05) is 0 Å². The highest BCUT2D eigenvalue weighted by Gasteiger charge is 2.36. The minimum absolute atomic E-state index is 0.189. The van der Waals surface area contributed by atoms with Gasteiger partial charge in [0.1, 0.15) is 0 Å². The molecule has 0 radical (unpaired) electrons. The Bertz CT molecular complexity index is 326. The zero-order valence-corrected chi connectivity index (χ0v) is 8.72. The molecule has 4 heteroatoms. The lowest BCUT2D eigenvalue weighted by molar-refractivity contribution is -0.140. The van der Waals surface area contributed by atoms with Gasteiger partial charge in [0, 0.05) is 12.4 Å². The van der Waals surface area contributed by atoms with E-state index in [1.165, 1.54) is 6.42 Å². The van der Waals surface area contributed by atoms with Gasteiger partial charge in [-0.25, -0.2) is 0 Å². The first-order valence-electron chi connectivity index (χ1n) is 5.45. The number of carboxylic acid groups (broad SMARTS) is 1. The molecule has 1 N–H and O–H groups in total. The molecule has 0 atom stereocenters. The Morgan fingerprint density at radius 3 is 2.67 bits per heavy atom. The van der Waals surface area contributed by atoms with Crippen molar-refractivity contribution in [3.05, 3.63) is 18.5 Å². The van der Waals surface area contributed by atoms with E-state index in [0.29, 0.717) is 0 Å². The number of carbonyl (C=O) groups is 1. The molecule has 15 heavy (non-hydrogen) atoms. The second-order valence-corrected chi connectivity index (χ2v) is 4.31.